The zero-order valence-corrected chi connectivity index (χ0v) is 29.1. The molecule has 0 saturated heterocycles. The van der Waals surface area contributed by atoms with Crippen LogP contribution in [0.15, 0.2) is 170 Å². The highest BCUT2D eigenvalue weighted by molar-refractivity contribution is 6.12. The molecule has 8 rings (SSSR count). The molecule has 8 aromatic carbocycles. The van der Waals surface area contributed by atoms with Gasteiger partial charge in [-0.05, 0) is 106 Å². The monoisotopic (exact) mass is 686 g/mol. The second kappa shape index (κ2) is 15.2. The van der Waals surface area contributed by atoms with Gasteiger partial charge in [0.15, 0.2) is 0 Å². The third-order valence-electron chi connectivity index (χ3n) is 9.05. The van der Waals surface area contributed by atoms with Gasteiger partial charge in [-0.3, -0.25) is 0 Å². The summed E-state index contributed by atoms with van der Waals surface area (Å²) in [5, 5.41) is 26.3. The van der Waals surface area contributed by atoms with Crippen molar-refractivity contribution in [2.75, 3.05) is 0 Å². The van der Waals surface area contributed by atoms with Crippen LogP contribution in [0, 0.1) is 47.4 Å². The van der Waals surface area contributed by atoms with E-state index in [4.69, 9.17) is 0 Å². The lowest BCUT2D eigenvalue weighted by molar-refractivity contribution is 0.470. The summed E-state index contributed by atoms with van der Waals surface area (Å²) in [6.45, 7) is 0. The van der Waals surface area contributed by atoms with Gasteiger partial charge < -0.3 is 10.2 Å². The molecule has 0 atom stereocenters. The van der Waals surface area contributed by atoms with Gasteiger partial charge >= 0.3 is 0 Å². The van der Waals surface area contributed by atoms with E-state index in [1.165, 1.54) is 0 Å². The highest BCUT2D eigenvalue weighted by Crippen LogP contribution is 2.46. The normalized spacial score (nSPS) is 10.1. The first kappa shape index (κ1) is 33.3. The summed E-state index contributed by atoms with van der Waals surface area (Å²) < 4.78 is 0. The van der Waals surface area contributed by atoms with Gasteiger partial charge in [0.1, 0.15) is 11.5 Å². The molecule has 2 heteroatoms. The van der Waals surface area contributed by atoms with Crippen molar-refractivity contribution in [3.63, 3.8) is 0 Å². The largest absolute Gasteiger partial charge is 0.507 e. The van der Waals surface area contributed by atoms with Crippen molar-refractivity contribution in [1.82, 2.24) is 0 Å². The zero-order chi connectivity index (χ0) is 36.7. The minimum atomic E-state index is 0.0280. The molecule has 2 N–H and O–H groups in total. The smallest absolute Gasteiger partial charge is 0.124 e. The fraction of sp³-hybridized carbons (Fsp3) is 0. The highest BCUT2D eigenvalue weighted by atomic mass is 16.3. The van der Waals surface area contributed by atoms with Crippen molar-refractivity contribution in [2.24, 2.45) is 0 Å². The Labute approximate surface area is 315 Å². The lowest BCUT2D eigenvalue weighted by Gasteiger charge is -2.16. The number of benzene rings is 8. The minimum Gasteiger partial charge on any atom is -0.507 e. The van der Waals surface area contributed by atoms with E-state index in [0.29, 0.717) is 11.1 Å². The van der Waals surface area contributed by atoms with E-state index in [1.54, 1.807) is 12.1 Å². The first-order chi connectivity index (χ1) is 26.6. The Hall–Kier alpha value is -7.88. The maximum atomic E-state index is 11.6. The number of fused-ring (bicyclic) bond motifs is 2. The molecule has 0 bridgehead atoms. The molecule has 250 valence electrons. The Morgan fingerprint density at radius 1 is 0.259 bits per heavy atom. The summed E-state index contributed by atoms with van der Waals surface area (Å²) in [6, 6.07) is 54.1. The van der Waals surface area contributed by atoms with Crippen LogP contribution in [0.5, 0.6) is 11.5 Å². The fourth-order valence-electron chi connectivity index (χ4n) is 6.43. The van der Waals surface area contributed by atoms with Gasteiger partial charge in [-0.15, -0.1) is 0 Å². The summed E-state index contributed by atoms with van der Waals surface area (Å²) in [7, 11) is 0. The molecule has 0 aromatic heterocycles. The average molecular weight is 687 g/mol. The van der Waals surface area contributed by atoms with E-state index in [-0.39, 0.29) is 11.5 Å². The van der Waals surface area contributed by atoms with Gasteiger partial charge in [0, 0.05) is 55.6 Å². The predicted molar refractivity (Wildman–Crippen MR) is 220 cm³/mol. The van der Waals surface area contributed by atoms with E-state index in [1.807, 2.05) is 158 Å². The van der Waals surface area contributed by atoms with Crippen LogP contribution in [0.3, 0.4) is 0 Å². The molecule has 0 spiro atoms. The second-order valence-corrected chi connectivity index (χ2v) is 12.5. The van der Waals surface area contributed by atoms with Crippen LogP contribution in [-0.2, 0) is 0 Å². The van der Waals surface area contributed by atoms with Crippen molar-refractivity contribution in [3.05, 3.63) is 214 Å². The molecule has 2 nitrogen and oxygen atoms in total. The molecule has 0 heterocycles. The average Bonchev–Trinajstić information content (AvgIpc) is 3.22. The van der Waals surface area contributed by atoms with E-state index in [0.717, 1.165) is 66.1 Å². The molecule has 54 heavy (non-hydrogen) atoms. The summed E-state index contributed by atoms with van der Waals surface area (Å²) in [5.41, 5.74) is 7.49. The van der Waals surface area contributed by atoms with Crippen LogP contribution < -0.4 is 0 Å². The quantitative estimate of drug-likeness (QED) is 0.169. The number of phenols is 2. The van der Waals surface area contributed by atoms with Gasteiger partial charge in [0.2, 0.25) is 0 Å². The molecule has 0 fully saturated rings. The lowest BCUT2D eigenvalue weighted by atomic mass is 9.88. The van der Waals surface area contributed by atoms with Gasteiger partial charge in [0.25, 0.3) is 0 Å². The zero-order valence-electron chi connectivity index (χ0n) is 29.1. The van der Waals surface area contributed by atoms with E-state index >= 15 is 0 Å². The number of phenolic OH excluding ortho intramolecular Hbond substituents is 2. The maximum absolute atomic E-state index is 11.6. The highest BCUT2D eigenvalue weighted by Gasteiger charge is 2.20. The summed E-state index contributed by atoms with van der Waals surface area (Å²) in [6.07, 6.45) is 0. The molecule has 0 radical (unpaired) electrons. The van der Waals surface area contributed by atoms with Crippen LogP contribution in [0.25, 0.3) is 32.7 Å². The van der Waals surface area contributed by atoms with Crippen LogP contribution >= 0.6 is 0 Å². The first-order valence-electron chi connectivity index (χ1n) is 17.5. The molecule has 8 aromatic rings. The molecule has 0 aliphatic rings. The van der Waals surface area contributed by atoms with Gasteiger partial charge in [-0.25, -0.2) is 0 Å². The summed E-state index contributed by atoms with van der Waals surface area (Å²) in [5.74, 6) is 26.7. The molecular weight excluding hydrogens is 657 g/mol. The van der Waals surface area contributed by atoms with Crippen molar-refractivity contribution in [2.45, 2.75) is 0 Å². The van der Waals surface area contributed by atoms with Crippen LogP contribution in [0.2, 0.25) is 0 Å². The third kappa shape index (κ3) is 7.02. The van der Waals surface area contributed by atoms with Gasteiger partial charge in [-0.1, -0.05) is 132 Å². The van der Waals surface area contributed by atoms with Crippen LogP contribution in [0.1, 0.15) is 44.5 Å². The lowest BCUT2D eigenvalue weighted by Crippen LogP contribution is -1.94. The maximum Gasteiger partial charge on any atom is 0.124 e. The molecular formula is C52H30O2. The van der Waals surface area contributed by atoms with Crippen LogP contribution in [0.4, 0.5) is 0 Å². The Bertz CT molecular complexity index is 2730. The molecule has 0 saturated carbocycles. The van der Waals surface area contributed by atoms with E-state index in [2.05, 4.69) is 47.4 Å². The summed E-state index contributed by atoms with van der Waals surface area (Å²) in [4.78, 5) is 0. The minimum absolute atomic E-state index is 0.0280. The Kier molecular flexibility index (Phi) is 9.34. The van der Waals surface area contributed by atoms with Gasteiger partial charge in [-0.2, -0.15) is 0 Å². The molecule has 0 aliphatic heterocycles. The topological polar surface area (TPSA) is 40.5 Å². The van der Waals surface area contributed by atoms with Crippen molar-refractivity contribution < 1.29 is 10.2 Å². The number of aromatic hydroxyl groups is 2. The molecule has 0 aliphatic carbocycles. The SMILES string of the molecule is Oc1ccc2c(C#Cc3ccccc3)c(C#Cc3ccccc3)ccc2c1-c1c(O)ccc2c(C#Cc3ccccc3)c(C#Cc3ccccc3)ccc12. The number of hydrogen-bond donors (Lipinski definition) is 2. The Morgan fingerprint density at radius 3 is 0.889 bits per heavy atom. The Morgan fingerprint density at radius 2 is 0.556 bits per heavy atom. The first-order valence-corrected chi connectivity index (χ1v) is 17.5. The van der Waals surface area contributed by atoms with Gasteiger partial charge in [0.05, 0.1) is 0 Å². The predicted octanol–water partition coefficient (Wildman–Crippen LogP) is 10.7. The second-order valence-electron chi connectivity index (χ2n) is 12.5. The van der Waals surface area contributed by atoms with E-state index in [9.17, 15) is 10.2 Å². The Balaban J connectivity index is 1.37. The standard InChI is InChI=1S/C52H30O2/c53-49-35-33-45-43(29-23-39-17-9-3-10-18-39)41(25-21-37-13-5-1-6-14-37)27-31-47(45)51(49)52-48-32-28-42(26-22-38-15-7-2-8-16-38)44(46(48)34-36-50(52)54)30-24-40-19-11-4-12-20-40/h1-20,27-28,31-36,53-54H. The number of hydrogen-bond acceptors (Lipinski definition) is 2. The third-order valence-corrected chi connectivity index (χ3v) is 9.05. The van der Waals surface area contributed by atoms with E-state index < -0.39 is 0 Å². The van der Waals surface area contributed by atoms with Crippen molar-refractivity contribution >= 4 is 21.5 Å². The van der Waals surface area contributed by atoms with Crippen molar-refractivity contribution in [3.8, 4) is 70.0 Å². The fourth-order valence-corrected chi connectivity index (χ4v) is 6.43. The number of rotatable bonds is 1. The molecule has 0 amide bonds. The van der Waals surface area contributed by atoms with Crippen molar-refractivity contribution in [1.29, 1.82) is 0 Å². The summed E-state index contributed by atoms with van der Waals surface area (Å²) >= 11 is 0. The molecule has 0 unspecified atom stereocenters. The van der Waals surface area contributed by atoms with Crippen LogP contribution in [-0.4, -0.2) is 10.2 Å².